The predicted molar refractivity (Wildman–Crippen MR) is 43.7 cm³/mol. The fraction of sp³-hybridized carbons (Fsp3) is 0.200. The van der Waals surface area contributed by atoms with Gasteiger partial charge >= 0.3 is 0 Å². The van der Waals surface area contributed by atoms with Crippen molar-refractivity contribution in [2.75, 3.05) is 0 Å². The van der Waals surface area contributed by atoms with Crippen LogP contribution in [0, 0.1) is 0 Å². The summed E-state index contributed by atoms with van der Waals surface area (Å²) in [7, 11) is 0. The molecule has 0 aromatic heterocycles. The summed E-state index contributed by atoms with van der Waals surface area (Å²) in [5, 5.41) is 11.0. The second kappa shape index (κ2) is 2.51. The minimum absolute atomic E-state index is 0.537. The Morgan fingerprint density at radius 1 is 1.27 bits per heavy atom. The molecule has 1 aliphatic carbocycles. The van der Waals surface area contributed by atoms with Crippen molar-refractivity contribution in [2.45, 2.75) is 12.5 Å². The molecule has 0 bridgehead atoms. The van der Waals surface area contributed by atoms with Gasteiger partial charge < -0.3 is 0 Å². The Morgan fingerprint density at radius 2 is 2.09 bits per heavy atom. The highest BCUT2D eigenvalue weighted by Crippen LogP contribution is 2.18. The Hall–Kier alpha value is -1.08. The normalized spacial score (nSPS) is 21.4. The van der Waals surface area contributed by atoms with Crippen LogP contribution < -0.4 is 0 Å². The van der Waals surface area contributed by atoms with Gasteiger partial charge in [-0.3, -0.25) is 0 Å². The molecule has 2 rings (SSSR count). The molecule has 55 valence electrons. The van der Waals surface area contributed by atoms with Crippen molar-refractivity contribution in [3.8, 4) is 0 Å². The summed E-state index contributed by atoms with van der Waals surface area (Å²) in [5.41, 5.74) is 2.37. The Balaban J connectivity index is 2.46. The smallest absolute Gasteiger partial charge is 0.115 e. The van der Waals surface area contributed by atoms with Gasteiger partial charge in [-0.15, -0.1) is 0 Å². The molecule has 0 saturated heterocycles. The van der Waals surface area contributed by atoms with Crippen LogP contribution in [0.3, 0.4) is 0 Å². The fourth-order valence-corrected chi connectivity index (χ4v) is 1.38. The van der Waals surface area contributed by atoms with Crippen molar-refractivity contribution >= 4 is 6.08 Å². The molecule has 0 fully saturated rings. The van der Waals surface area contributed by atoms with E-state index < -0.39 is 6.10 Å². The highest BCUT2D eigenvalue weighted by atomic mass is 16.3. The fourth-order valence-electron chi connectivity index (χ4n) is 1.38. The number of hydrogen-bond donors (Lipinski definition) is 0. The lowest BCUT2D eigenvalue weighted by Gasteiger charge is -2.12. The zero-order chi connectivity index (χ0) is 7.68. The van der Waals surface area contributed by atoms with Gasteiger partial charge in [0.05, 0.1) is 0 Å². The summed E-state index contributed by atoms with van der Waals surface area (Å²) in [6, 6.07) is 8.03. The molecule has 1 nitrogen and oxygen atoms in total. The largest absolute Gasteiger partial charge is 0.228 e. The lowest BCUT2D eigenvalue weighted by molar-refractivity contribution is 0.130. The van der Waals surface area contributed by atoms with Crippen LogP contribution in [0.2, 0.25) is 0 Å². The average Bonchev–Trinajstić information content (AvgIpc) is 2.04. The number of benzene rings is 1. The molecule has 1 atom stereocenters. The quantitative estimate of drug-likeness (QED) is 0.532. The van der Waals surface area contributed by atoms with Crippen molar-refractivity contribution in [3.63, 3.8) is 0 Å². The van der Waals surface area contributed by atoms with E-state index in [1.165, 1.54) is 11.1 Å². The summed E-state index contributed by atoms with van der Waals surface area (Å²) < 4.78 is 0. The van der Waals surface area contributed by atoms with Gasteiger partial charge in [0.25, 0.3) is 0 Å². The molecule has 0 aliphatic heterocycles. The van der Waals surface area contributed by atoms with Crippen LogP contribution in [0.1, 0.15) is 11.1 Å². The maximum atomic E-state index is 11.0. The van der Waals surface area contributed by atoms with Gasteiger partial charge in [0.15, 0.2) is 0 Å². The minimum atomic E-state index is -0.537. The zero-order valence-corrected chi connectivity index (χ0v) is 6.16. The summed E-state index contributed by atoms with van der Waals surface area (Å²) in [5.74, 6) is 0. The van der Waals surface area contributed by atoms with Gasteiger partial charge in [-0.1, -0.05) is 36.4 Å². The van der Waals surface area contributed by atoms with Crippen molar-refractivity contribution < 1.29 is 5.11 Å². The molecule has 0 N–H and O–H groups in total. The van der Waals surface area contributed by atoms with Gasteiger partial charge in [0.1, 0.15) is 6.10 Å². The van der Waals surface area contributed by atoms with E-state index in [1.807, 2.05) is 30.3 Å². The van der Waals surface area contributed by atoms with Crippen LogP contribution in [0.25, 0.3) is 6.08 Å². The molecule has 1 aliphatic rings. The highest BCUT2D eigenvalue weighted by Gasteiger charge is 2.10. The second-order valence-corrected chi connectivity index (χ2v) is 2.80. The maximum absolute atomic E-state index is 11.0. The topological polar surface area (TPSA) is 19.9 Å². The molecular formula is C10H9O. The van der Waals surface area contributed by atoms with Crippen LogP contribution in [0.4, 0.5) is 0 Å². The van der Waals surface area contributed by atoms with Gasteiger partial charge in [-0.05, 0) is 11.1 Å². The molecule has 1 unspecified atom stereocenters. The molecule has 11 heavy (non-hydrogen) atoms. The average molecular weight is 145 g/mol. The van der Waals surface area contributed by atoms with E-state index in [4.69, 9.17) is 0 Å². The molecule has 1 heteroatoms. The molecule has 0 saturated carbocycles. The molecule has 1 aromatic rings. The first-order valence-corrected chi connectivity index (χ1v) is 3.78. The molecule has 0 amide bonds. The monoisotopic (exact) mass is 145 g/mol. The molecule has 1 aromatic carbocycles. The van der Waals surface area contributed by atoms with Gasteiger partial charge in [0.2, 0.25) is 0 Å². The van der Waals surface area contributed by atoms with Crippen LogP contribution in [0.15, 0.2) is 30.3 Å². The van der Waals surface area contributed by atoms with Crippen LogP contribution in [-0.2, 0) is 11.5 Å². The Labute approximate surface area is 66.0 Å². The van der Waals surface area contributed by atoms with E-state index in [1.54, 1.807) is 6.08 Å². The van der Waals surface area contributed by atoms with Crippen molar-refractivity contribution in [2.24, 2.45) is 0 Å². The number of fused-ring (bicyclic) bond motifs is 1. The second-order valence-electron chi connectivity index (χ2n) is 2.80. The van der Waals surface area contributed by atoms with E-state index in [-0.39, 0.29) is 0 Å². The Morgan fingerprint density at radius 3 is 3.00 bits per heavy atom. The number of rotatable bonds is 0. The summed E-state index contributed by atoms with van der Waals surface area (Å²) in [6.07, 6.45) is 3.75. The maximum Gasteiger partial charge on any atom is 0.115 e. The van der Waals surface area contributed by atoms with Gasteiger partial charge in [0, 0.05) is 6.42 Å². The SMILES string of the molecule is [O]C1C=Cc2ccccc2C1. The number of hydrogen-bond acceptors (Lipinski definition) is 0. The first-order chi connectivity index (χ1) is 5.36. The summed E-state index contributed by atoms with van der Waals surface area (Å²) in [6.45, 7) is 0. The lowest BCUT2D eigenvalue weighted by Crippen LogP contribution is -2.09. The molecule has 0 spiro atoms. The Kier molecular flexibility index (Phi) is 1.51. The summed E-state index contributed by atoms with van der Waals surface area (Å²) >= 11 is 0. The zero-order valence-electron chi connectivity index (χ0n) is 6.16. The van der Waals surface area contributed by atoms with Crippen molar-refractivity contribution in [3.05, 3.63) is 41.5 Å². The van der Waals surface area contributed by atoms with Gasteiger partial charge in [-0.25, -0.2) is 5.11 Å². The lowest BCUT2D eigenvalue weighted by atomic mass is 9.96. The van der Waals surface area contributed by atoms with Crippen molar-refractivity contribution in [1.29, 1.82) is 0 Å². The van der Waals surface area contributed by atoms with E-state index in [0.29, 0.717) is 6.42 Å². The van der Waals surface area contributed by atoms with E-state index in [9.17, 15) is 5.11 Å². The minimum Gasteiger partial charge on any atom is -0.228 e. The third kappa shape index (κ3) is 1.19. The van der Waals surface area contributed by atoms with Crippen LogP contribution in [-0.4, -0.2) is 6.10 Å². The van der Waals surface area contributed by atoms with Crippen molar-refractivity contribution in [1.82, 2.24) is 0 Å². The highest BCUT2D eigenvalue weighted by molar-refractivity contribution is 5.56. The standard InChI is InChI=1S/C10H9O/c11-10-6-5-8-3-1-2-4-9(8)7-10/h1-6,10H,7H2. The third-order valence-electron chi connectivity index (χ3n) is 1.97. The third-order valence-corrected chi connectivity index (χ3v) is 1.97. The van der Waals surface area contributed by atoms with Crippen LogP contribution >= 0.6 is 0 Å². The van der Waals surface area contributed by atoms with E-state index in [0.717, 1.165) is 0 Å². The first kappa shape index (κ1) is 6.62. The summed E-state index contributed by atoms with van der Waals surface area (Å²) in [4.78, 5) is 0. The van der Waals surface area contributed by atoms with Gasteiger partial charge in [-0.2, -0.15) is 0 Å². The Bertz CT molecular complexity index is 289. The first-order valence-electron chi connectivity index (χ1n) is 3.78. The predicted octanol–water partition coefficient (Wildman–Crippen LogP) is 2.06. The molecule has 1 radical (unpaired) electrons. The van der Waals surface area contributed by atoms with E-state index in [2.05, 4.69) is 0 Å². The molecular weight excluding hydrogens is 136 g/mol. The van der Waals surface area contributed by atoms with Crippen LogP contribution in [0.5, 0.6) is 0 Å². The van der Waals surface area contributed by atoms with E-state index >= 15 is 0 Å². The molecule has 0 heterocycles.